The molecule has 0 saturated heterocycles. The summed E-state index contributed by atoms with van der Waals surface area (Å²) < 4.78 is 26.9. The molecule has 0 atom stereocenters. The summed E-state index contributed by atoms with van der Waals surface area (Å²) in [4.78, 5) is 12.9. The Hall–Kier alpha value is -2.39. The first-order valence-corrected chi connectivity index (χ1v) is 11.6. The number of nitrogens with one attached hydrogen (secondary N) is 2. The van der Waals surface area contributed by atoms with Gasteiger partial charge in [-0.05, 0) is 40.8 Å². The Balaban J connectivity index is 2.05. The van der Waals surface area contributed by atoms with Gasteiger partial charge in [-0.25, -0.2) is 13.1 Å². The molecular formula is C20H19ClN2O4S2. The van der Waals surface area contributed by atoms with Gasteiger partial charge in [0.2, 0.25) is 10.0 Å². The molecule has 0 fully saturated rings. The summed E-state index contributed by atoms with van der Waals surface area (Å²) in [5.41, 5.74) is 2.08. The van der Waals surface area contributed by atoms with Crippen molar-refractivity contribution in [2.75, 3.05) is 19.0 Å². The maximum absolute atomic E-state index is 12.4. The average molecular weight is 451 g/mol. The van der Waals surface area contributed by atoms with Crippen LogP contribution in [0.15, 0.2) is 65.1 Å². The Bertz CT molecular complexity index is 1100. The second-order valence-corrected chi connectivity index (χ2v) is 9.19. The number of benzene rings is 1. The smallest absolute Gasteiger partial charge is 0.262 e. The largest absolute Gasteiger partial charge is 0.507 e. The topological polar surface area (TPSA) is 95.5 Å². The Labute approximate surface area is 178 Å². The second kappa shape index (κ2) is 8.96. The summed E-state index contributed by atoms with van der Waals surface area (Å²) in [6.07, 6.45) is 3.12. The van der Waals surface area contributed by atoms with Crippen molar-refractivity contribution in [1.82, 2.24) is 10.0 Å². The predicted molar refractivity (Wildman–Crippen MR) is 117 cm³/mol. The summed E-state index contributed by atoms with van der Waals surface area (Å²) in [5.74, 6) is -0.0756. The van der Waals surface area contributed by atoms with Crippen molar-refractivity contribution >= 4 is 50.0 Å². The van der Waals surface area contributed by atoms with Crippen molar-refractivity contribution < 1.29 is 18.3 Å². The number of amides is 1. The molecule has 0 aliphatic carbocycles. The number of fused-ring (bicyclic) bond motifs is 1. The van der Waals surface area contributed by atoms with Gasteiger partial charge in [-0.1, -0.05) is 24.8 Å². The molecule has 1 amide bonds. The number of aliphatic hydroxyl groups excluding tert-OH is 1. The molecule has 0 bridgehead atoms. The lowest BCUT2D eigenvalue weighted by Crippen LogP contribution is -2.25. The van der Waals surface area contributed by atoms with Crippen molar-refractivity contribution in [2.24, 2.45) is 0 Å². The van der Waals surface area contributed by atoms with E-state index in [2.05, 4.69) is 16.6 Å². The van der Waals surface area contributed by atoms with Crippen molar-refractivity contribution in [1.29, 1.82) is 0 Å². The molecule has 2 heterocycles. The number of sulfonamides is 1. The molecule has 1 aromatic heterocycles. The molecule has 1 aliphatic heterocycles. The van der Waals surface area contributed by atoms with Crippen LogP contribution in [0.5, 0.6) is 0 Å². The number of alkyl halides is 1. The summed E-state index contributed by atoms with van der Waals surface area (Å²) >= 11 is 6.83. The number of hydrogen-bond acceptors (Lipinski definition) is 5. The molecule has 152 valence electrons. The van der Waals surface area contributed by atoms with Gasteiger partial charge in [-0.3, -0.25) is 4.79 Å². The zero-order chi connectivity index (χ0) is 21.0. The Morgan fingerprint density at radius 2 is 1.97 bits per heavy atom. The van der Waals surface area contributed by atoms with Gasteiger partial charge in [-0.15, -0.1) is 22.9 Å². The molecule has 0 unspecified atom stereocenters. The van der Waals surface area contributed by atoms with Gasteiger partial charge in [0.15, 0.2) is 0 Å². The molecule has 0 saturated carbocycles. The van der Waals surface area contributed by atoms with E-state index in [1.807, 2.05) is 0 Å². The summed E-state index contributed by atoms with van der Waals surface area (Å²) in [6.45, 7) is 4.48. The molecule has 0 spiro atoms. The van der Waals surface area contributed by atoms with E-state index in [1.54, 1.807) is 29.7 Å². The van der Waals surface area contributed by atoms with Crippen molar-refractivity contribution in [3.05, 3.63) is 76.2 Å². The zero-order valence-electron chi connectivity index (χ0n) is 15.3. The van der Waals surface area contributed by atoms with E-state index in [0.29, 0.717) is 27.2 Å². The minimum atomic E-state index is -3.67. The third-order valence-corrected chi connectivity index (χ3v) is 6.83. The summed E-state index contributed by atoms with van der Waals surface area (Å²) in [6, 6.07) is 7.86. The number of hydrogen-bond donors (Lipinski definition) is 3. The van der Waals surface area contributed by atoms with E-state index in [0.717, 1.165) is 0 Å². The quantitative estimate of drug-likeness (QED) is 0.607. The van der Waals surface area contributed by atoms with E-state index >= 15 is 0 Å². The molecule has 29 heavy (non-hydrogen) atoms. The number of aliphatic hydroxyl groups is 1. The van der Waals surface area contributed by atoms with Crippen LogP contribution in [0.4, 0.5) is 0 Å². The molecule has 3 N–H and O–H groups in total. The molecule has 3 rings (SSSR count). The molecule has 0 radical (unpaired) electrons. The third-order valence-electron chi connectivity index (χ3n) is 4.25. The first-order valence-electron chi connectivity index (χ1n) is 8.66. The van der Waals surface area contributed by atoms with Crippen LogP contribution in [0.3, 0.4) is 0 Å². The number of thiophene rings is 1. The average Bonchev–Trinajstić information content (AvgIpc) is 3.20. The van der Waals surface area contributed by atoms with Crippen molar-refractivity contribution in [3.63, 3.8) is 0 Å². The number of carbonyl (C=O) groups is 1. The van der Waals surface area contributed by atoms with Crippen LogP contribution in [-0.2, 0) is 10.0 Å². The van der Waals surface area contributed by atoms with Crippen LogP contribution in [-0.4, -0.2) is 38.4 Å². The molecule has 9 heteroatoms. The lowest BCUT2D eigenvalue weighted by molar-refractivity contribution is 0.0961. The van der Waals surface area contributed by atoms with E-state index in [4.69, 9.17) is 11.6 Å². The van der Waals surface area contributed by atoms with Crippen LogP contribution in [0.1, 0.15) is 20.8 Å². The normalized spacial score (nSPS) is 18.8. The molecular weight excluding hydrogens is 432 g/mol. The molecule has 2 aromatic rings. The fraction of sp³-hybridized carbons (Fsp3) is 0.150. The van der Waals surface area contributed by atoms with E-state index in [1.165, 1.54) is 29.5 Å². The number of rotatable bonds is 5. The number of halogens is 1. The van der Waals surface area contributed by atoms with Crippen LogP contribution >= 0.6 is 22.9 Å². The highest BCUT2D eigenvalue weighted by Gasteiger charge is 2.21. The maximum Gasteiger partial charge on any atom is 0.262 e. The molecule has 6 nitrogen and oxygen atoms in total. The van der Waals surface area contributed by atoms with Crippen LogP contribution in [0.25, 0.3) is 11.1 Å². The van der Waals surface area contributed by atoms with Gasteiger partial charge in [0, 0.05) is 30.1 Å². The van der Waals surface area contributed by atoms with Crippen LogP contribution in [0.2, 0.25) is 0 Å². The standard InChI is InChI=1S/C20H19ClN2O4S2/c1-13-16-8-12-28-19(16)20(25)22-10-2-3-17(24)18(13)14-4-6-15(7-5-14)29(26,27)23-11-9-21/h2-8,12,23-24H,1,9-11H2,(H,22,25)/b3-2-,18-17-. The maximum atomic E-state index is 12.4. The minimum absolute atomic E-state index is 0.0285. The van der Waals surface area contributed by atoms with Gasteiger partial charge in [0.1, 0.15) is 5.76 Å². The summed E-state index contributed by atoms with van der Waals surface area (Å²) in [7, 11) is -3.67. The fourth-order valence-electron chi connectivity index (χ4n) is 2.88. The SMILES string of the molecule is C=C1/C(c2ccc(S(=O)(=O)NCCCl)cc2)=C(O)\C=C/CNC(=O)c2sccc21. The zero-order valence-corrected chi connectivity index (χ0v) is 17.7. The lowest BCUT2D eigenvalue weighted by atomic mass is 9.92. The predicted octanol–water partition coefficient (Wildman–Crippen LogP) is 3.55. The highest BCUT2D eigenvalue weighted by molar-refractivity contribution is 7.89. The van der Waals surface area contributed by atoms with Gasteiger partial charge in [0.25, 0.3) is 5.91 Å². The first kappa shape index (κ1) is 21.3. The monoisotopic (exact) mass is 450 g/mol. The van der Waals surface area contributed by atoms with Gasteiger partial charge in [0.05, 0.1) is 9.77 Å². The van der Waals surface area contributed by atoms with Gasteiger partial charge in [-0.2, -0.15) is 0 Å². The van der Waals surface area contributed by atoms with Crippen LogP contribution in [0, 0.1) is 0 Å². The number of allylic oxidation sites excluding steroid dienone is 3. The highest BCUT2D eigenvalue weighted by atomic mass is 35.5. The Morgan fingerprint density at radius 3 is 2.66 bits per heavy atom. The van der Waals surface area contributed by atoms with Crippen molar-refractivity contribution in [3.8, 4) is 0 Å². The molecule has 1 aliphatic rings. The highest BCUT2D eigenvalue weighted by Crippen LogP contribution is 2.36. The van der Waals surface area contributed by atoms with E-state index in [-0.39, 0.29) is 35.5 Å². The van der Waals surface area contributed by atoms with E-state index in [9.17, 15) is 18.3 Å². The molecule has 1 aromatic carbocycles. The first-order chi connectivity index (χ1) is 13.8. The van der Waals surface area contributed by atoms with Crippen LogP contribution < -0.4 is 10.0 Å². The van der Waals surface area contributed by atoms with Gasteiger partial charge < -0.3 is 10.4 Å². The lowest BCUT2D eigenvalue weighted by Gasteiger charge is -2.15. The van der Waals surface area contributed by atoms with E-state index < -0.39 is 10.0 Å². The second-order valence-electron chi connectivity index (χ2n) is 6.13. The number of carbonyl (C=O) groups excluding carboxylic acids is 1. The third kappa shape index (κ3) is 4.62. The Morgan fingerprint density at radius 1 is 1.24 bits per heavy atom. The van der Waals surface area contributed by atoms with Gasteiger partial charge >= 0.3 is 0 Å². The minimum Gasteiger partial charge on any atom is -0.507 e. The Kier molecular flexibility index (Phi) is 6.59. The fourth-order valence-corrected chi connectivity index (χ4v) is 4.95. The summed E-state index contributed by atoms with van der Waals surface area (Å²) in [5, 5.41) is 15.2. The van der Waals surface area contributed by atoms with Crippen molar-refractivity contribution in [2.45, 2.75) is 4.90 Å².